The summed E-state index contributed by atoms with van der Waals surface area (Å²) in [7, 11) is 0. The van der Waals surface area contributed by atoms with Gasteiger partial charge in [0, 0.05) is 35.8 Å². The van der Waals surface area contributed by atoms with E-state index in [4.69, 9.17) is 11.6 Å². The van der Waals surface area contributed by atoms with Gasteiger partial charge >= 0.3 is 0 Å². The maximum absolute atomic E-state index is 6.18. The van der Waals surface area contributed by atoms with Gasteiger partial charge < -0.3 is 0 Å². The summed E-state index contributed by atoms with van der Waals surface area (Å²) in [4.78, 5) is 0. The maximum atomic E-state index is 6.18. The number of nitrogens with zero attached hydrogens (tertiary/aromatic N) is 5. The molecule has 0 unspecified atom stereocenters. The topological polar surface area (TPSA) is 48.0 Å². The fourth-order valence-electron chi connectivity index (χ4n) is 2.79. The van der Waals surface area contributed by atoms with E-state index in [0.29, 0.717) is 5.02 Å². The summed E-state index contributed by atoms with van der Waals surface area (Å²) in [6.07, 6.45) is 4.48. The Labute approximate surface area is 132 Å². The van der Waals surface area contributed by atoms with Gasteiger partial charge in [0.15, 0.2) is 5.65 Å². The first-order chi connectivity index (χ1) is 10.7. The van der Waals surface area contributed by atoms with E-state index >= 15 is 0 Å². The molecule has 6 heteroatoms. The SMILES string of the molecule is Cc1cc2nnc(CCn3cccn3)n2c2cc(Cl)ccc12. The molecule has 0 fully saturated rings. The van der Waals surface area contributed by atoms with Crippen LogP contribution in [-0.4, -0.2) is 24.4 Å². The molecule has 4 aromatic rings. The van der Waals surface area contributed by atoms with Gasteiger partial charge in [-0.15, -0.1) is 10.2 Å². The monoisotopic (exact) mass is 311 g/mol. The Balaban J connectivity index is 1.87. The van der Waals surface area contributed by atoms with Gasteiger partial charge in [-0.25, -0.2) is 0 Å². The van der Waals surface area contributed by atoms with Gasteiger partial charge in [-0.3, -0.25) is 9.08 Å². The normalized spacial score (nSPS) is 11.5. The molecule has 0 aliphatic heterocycles. The Morgan fingerprint density at radius 2 is 2.09 bits per heavy atom. The Bertz CT molecular complexity index is 956. The van der Waals surface area contributed by atoms with Gasteiger partial charge in [-0.1, -0.05) is 17.7 Å². The number of fused-ring (bicyclic) bond motifs is 3. The van der Waals surface area contributed by atoms with Crippen LogP contribution in [0.25, 0.3) is 16.6 Å². The minimum Gasteiger partial charge on any atom is -0.279 e. The van der Waals surface area contributed by atoms with Crippen molar-refractivity contribution in [2.45, 2.75) is 19.9 Å². The van der Waals surface area contributed by atoms with Gasteiger partial charge in [-0.2, -0.15) is 5.10 Å². The first-order valence-corrected chi connectivity index (χ1v) is 7.50. The van der Waals surface area contributed by atoms with Gasteiger partial charge in [0.25, 0.3) is 0 Å². The number of benzene rings is 1. The minimum atomic E-state index is 0.714. The number of aromatic nitrogens is 5. The van der Waals surface area contributed by atoms with E-state index in [1.165, 1.54) is 5.56 Å². The molecule has 0 atom stereocenters. The molecule has 4 rings (SSSR count). The van der Waals surface area contributed by atoms with Crippen LogP contribution in [0.5, 0.6) is 0 Å². The van der Waals surface area contributed by atoms with E-state index in [-0.39, 0.29) is 0 Å². The second-order valence-electron chi connectivity index (χ2n) is 5.32. The van der Waals surface area contributed by atoms with Crippen LogP contribution in [0.3, 0.4) is 0 Å². The number of halogens is 1. The van der Waals surface area contributed by atoms with Crippen molar-refractivity contribution in [3.63, 3.8) is 0 Å². The van der Waals surface area contributed by atoms with Crippen molar-refractivity contribution >= 4 is 28.2 Å². The smallest absolute Gasteiger partial charge is 0.161 e. The summed E-state index contributed by atoms with van der Waals surface area (Å²) in [6, 6.07) is 9.90. The summed E-state index contributed by atoms with van der Waals surface area (Å²) >= 11 is 6.18. The highest BCUT2D eigenvalue weighted by molar-refractivity contribution is 6.31. The van der Waals surface area contributed by atoms with Crippen molar-refractivity contribution in [1.82, 2.24) is 24.4 Å². The second kappa shape index (κ2) is 5.10. The molecule has 0 radical (unpaired) electrons. The lowest BCUT2D eigenvalue weighted by Gasteiger charge is -2.08. The number of aryl methyl sites for hydroxylation is 3. The second-order valence-corrected chi connectivity index (χ2v) is 5.75. The molecule has 0 N–H and O–H groups in total. The van der Waals surface area contributed by atoms with E-state index in [9.17, 15) is 0 Å². The molecule has 0 saturated heterocycles. The molecule has 0 aliphatic rings. The molecule has 0 aliphatic carbocycles. The molecule has 110 valence electrons. The van der Waals surface area contributed by atoms with E-state index < -0.39 is 0 Å². The minimum absolute atomic E-state index is 0.714. The van der Waals surface area contributed by atoms with Crippen LogP contribution in [0.15, 0.2) is 42.7 Å². The van der Waals surface area contributed by atoms with Crippen LogP contribution in [0.4, 0.5) is 0 Å². The summed E-state index contributed by atoms with van der Waals surface area (Å²) < 4.78 is 3.97. The van der Waals surface area contributed by atoms with Crippen LogP contribution in [0.2, 0.25) is 5.02 Å². The predicted molar refractivity (Wildman–Crippen MR) is 86.2 cm³/mol. The number of pyridine rings is 1. The van der Waals surface area contributed by atoms with Crippen LogP contribution in [-0.2, 0) is 13.0 Å². The van der Waals surface area contributed by atoms with E-state index in [2.05, 4.69) is 32.7 Å². The van der Waals surface area contributed by atoms with Crippen LogP contribution >= 0.6 is 11.6 Å². The molecule has 3 heterocycles. The van der Waals surface area contributed by atoms with Gasteiger partial charge in [0.2, 0.25) is 0 Å². The zero-order valence-corrected chi connectivity index (χ0v) is 12.8. The molecule has 0 saturated carbocycles. The molecule has 1 aromatic carbocycles. The lowest BCUT2D eigenvalue weighted by molar-refractivity contribution is 0.598. The third kappa shape index (κ3) is 2.14. The van der Waals surface area contributed by atoms with Gasteiger partial charge in [0.1, 0.15) is 5.82 Å². The number of hydrogen-bond acceptors (Lipinski definition) is 3. The Hall–Kier alpha value is -2.40. The highest BCUT2D eigenvalue weighted by Gasteiger charge is 2.11. The third-order valence-electron chi connectivity index (χ3n) is 3.85. The Morgan fingerprint density at radius 3 is 2.91 bits per heavy atom. The van der Waals surface area contributed by atoms with Gasteiger partial charge in [0.05, 0.1) is 5.52 Å². The summed E-state index contributed by atoms with van der Waals surface area (Å²) in [5, 5.41) is 14.7. The summed E-state index contributed by atoms with van der Waals surface area (Å²) in [5.41, 5.74) is 3.07. The molecule has 5 nitrogen and oxygen atoms in total. The van der Waals surface area contributed by atoms with Crippen molar-refractivity contribution in [3.05, 3.63) is 59.1 Å². The van der Waals surface area contributed by atoms with E-state index in [0.717, 1.165) is 35.3 Å². The lowest BCUT2D eigenvalue weighted by Crippen LogP contribution is -2.05. The van der Waals surface area contributed by atoms with Crippen molar-refractivity contribution in [2.24, 2.45) is 0 Å². The fraction of sp³-hybridized carbons (Fsp3) is 0.188. The average Bonchev–Trinajstić information content (AvgIpc) is 3.14. The van der Waals surface area contributed by atoms with Crippen molar-refractivity contribution in [2.75, 3.05) is 0 Å². The molecule has 0 amide bonds. The van der Waals surface area contributed by atoms with Crippen molar-refractivity contribution in [3.8, 4) is 0 Å². The highest BCUT2D eigenvalue weighted by atomic mass is 35.5. The summed E-state index contributed by atoms with van der Waals surface area (Å²) in [6.45, 7) is 2.85. The van der Waals surface area contributed by atoms with Crippen molar-refractivity contribution < 1.29 is 0 Å². The number of rotatable bonds is 3. The predicted octanol–water partition coefficient (Wildman–Crippen LogP) is 3.28. The average molecular weight is 312 g/mol. The van der Waals surface area contributed by atoms with Crippen LogP contribution in [0, 0.1) is 6.92 Å². The highest BCUT2D eigenvalue weighted by Crippen LogP contribution is 2.25. The molecule has 22 heavy (non-hydrogen) atoms. The van der Waals surface area contributed by atoms with Gasteiger partial charge in [-0.05, 0) is 36.8 Å². The molecule has 0 spiro atoms. The van der Waals surface area contributed by atoms with E-state index in [1.54, 1.807) is 6.20 Å². The first kappa shape index (κ1) is 13.3. The Kier molecular flexibility index (Phi) is 3.08. The van der Waals surface area contributed by atoms with Crippen LogP contribution < -0.4 is 0 Å². The van der Waals surface area contributed by atoms with Crippen LogP contribution in [0.1, 0.15) is 11.4 Å². The first-order valence-electron chi connectivity index (χ1n) is 7.13. The third-order valence-corrected chi connectivity index (χ3v) is 4.09. The van der Waals surface area contributed by atoms with Crippen molar-refractivity contribution in [1.29, 1.82) is 0 Å². The fourth-order valence-corrected chi connectivity index (χ4v) is 2.96. The number of hydrogen-bond donors (Lipinski definition) is 0. The summed E-state index contributed by atoms with van der Waals surface area (Å²) in [5.74, 6) is 0.915. The quantitative estimate of drug-likeness (QED) is 0.583. The largest absolute Gasteiger partial charge is 0.279 e. The standard InChI is InChI=1S/C16H14ClN5/c1-11-9-16-20-19-15(5-8-21-7-2-6-18-21)22(16)14-10-12(17)3-4-13(11)14/h2-4,6-7,9-10H,5,8H2,1H3. The lowest BCUT2D eigenvalue weighted by atomic mass is 10.1. The molecule has 0 bridgehead atoms. The Morgan fingerprint density at radius 1 is 1.18 bits per heavy atom. The van der Waals surface area contributed by atoms with E-state index in [1.807, 2.05) is 35.1 Å². The zero-order chi connectivity index (χ0) is 15.1. The maximum Gasteiger partial charge on any atom is 0.161 e. The molecular formula is C16H14ClN5. The molecular weight excluding hydrogens is 298 g/mol. The zero-order valence-electron chi connectivity index (χ0n) is 12.1. The molecule has 3 aromatic heterocycles.